The van der Waals surface area contributed by atoms with Crippen molar-refractivity contribution >= 4 is 0 Å². The van der Waals surface area contributed by atoms with Gasteiger partial charge in [-0.1, -0.05) is 12.1 Å². The molecule has 3 heteroatoms. The van der Waals surface area contributed by atoms with E-state index in [9.17, 15) is 0 Å². The predicted molar refractivity (Wildman–Crippen MR) is 84.1 cm³/mol. The largest absolute Gasteiger partial charge is 0.373 e. The molecular formula is C17H28N2O. The lowest BCUT2D eigenvalue weighted by Gasteiger charge is -2.42. The number of ether oxygens (including phenoxy) is 1. The number of benzene rings is 1. The highest BCUT2D eigenvalue weighted by Crippen LogP contribution is 2.29. The van der Waals surface area contributed by atoms with Crippen LogP contribution in [0.3, 0.4) is 0 Å². The summed E-state index contributed by atoms with van der Waals surface area (Å²) in [6.45, 7) is 14.2. The van der Waals surface area contributed by atoms with E-state index < -0.39 is 0 Å². The second-order valence-electron chi connectivity index (χ2n) is 6.62. The number of hydrogen-bond acceptors (Lipinski definition) is 3. The molecule has 0 aromatic heterocycles. The Hall–Kier alpha value is -0.900. The first-order valence-electron chi connectivity index (χ1n) is 7.50. The van der Waals surface area contributed by atoms with Crippen molar-refractivity contribution in [3.05, 3.63) is 34.4 Å². The SMILES string of the molecule is Cc1cc(C)c(C(CN)N2CCOC(C)(C)C2)cc1C. The summed E-state index contributed by atoms with van der Waals surface area (Å²) in [6.07, 6.45) is 0. The zero-order valence-electron chi connectivity index (χ0n) is 13.5. The fourth-order valence-electron chi connectivity index (χ4n) is 3.13. The third-order valence-electron chi connectivity index (χ3n) is 4.36. The van der Waals surface area contributed by atoms with Crippen LogP contribution >= 0.6 is 0 Å². The van der Waals surface area contributed by atoms with Gasteiger partial charge in [0.05, 0.1) is 12.2 Å². The van der Waals surface area contributed by atoms with Crippen LogP contribution in [0.25, 0.3) is 0 Å². The third-order valence-corrected chi connectivity index (χ3v) is 4.36. The molecule has 0 radical (unpaired) electrons. The van der Waals surface area contributed by atoms with Gasteiger partial charge in [-0.05, 0) is 56.9 Å². The Morgan fingerprint density at radius 1 is 1.20 bits per heavy atom. The highest BCUT2D eigenvalue weighted by molar-refractivity contribution is 5.38. The minimum Gasteiger partial charge on any atom is -0.373 e. The lowest BCUT2D eigenvalue weighted by atomic mass is 9.93. The van der Waals surface area contributed by atoms with Gasteiger partial charge in [0.2, 0.25) is 0 Å². The predicted octanol–water partition coefficient (Wildman–Crippen LogP) is 2.72. The normalized spacial score (nSPS) is 20.9. The Balaban J connectivity index is 2.30. The lowest BCUT2D eigenvalue weighted by molar-refractivity contribution is -0.0968. The maximum atomic E-state index is 6.10. The van der Waals surface area contributed by atoms with Crippen molar-refractivity contribution in [1.29, 1.82) is 0 Å². The second kappa shape index (κ2) is 5.84. The summed E-state index contributed by atoms with van der Waals surface area (Å²) < 4.78 is 5.82. The van der Waals surface area contributed by atoms with Crippen LogP contribution in [0.5, 0.6) is 0 Å². The molecule has 1 aromatic carbocycles. The van der Waals surface area contributed by atoms with E-state index in [1.807, 2.05) is 0 Å². The van der Waals surface area contributed by atoms with E-state index in [4.69, 9.17) is 10.5 Å². The van der Waals surface area contributed by atoms with Gasteiger partial charge in [0, 0.05) is 25.7 Å². The Labute approximate surface area is 123 Å². The number of nitrogens with two attached hydrogens (primary N) is 1. The quantitative estimate of drug-likeness (QED) is 0.922. The van der Waals surface area contributed by atoms with E-state index in [1.54, 1.807) is 0 Å². The first-order chi connectivity index (χ1) is 9.34. The Morgan fingerprint density at radius 3 is 2.45 bits per heavy atom. The van der Waals surface area contributed by atoms with Crippen LogP contribution in [-0.4, -0.2) is 36.7 Å². The van der Waals surface area contributed by atoms with Crippen molar-refractivity contribution in [2.75, 3.05) is 26.2 Å². The molecule has 1 heterocycles. The zero-order chi connectivity index (χ0) is 14.9. The van der Waals surface area contributed by atoms with Crippen LogP contribution in [0.4, 0.5) is 0 Å². The third kappa shape index (κ3) is 3.22. The highest BCUT2D eigenvalue weighted by atomic mass is 16.5. The highest BCUT2D eigenvalue weighted by Gasteiger charge is 2.32. The van der Waals surface area contributed by atoms with Crippen LogP contribution in [-0.2, 0) is 4.74 Å². The van der Waals surface area contributed by atoms with Crippen LogP contribution in [0.2, 0.25) is 0 Å². The van der Waals surface area contributed by atoms with Gasteiger partial charge in [-0.25, -0.2) is 0 Å². The molecule has 1 fully saturated rings. The van der Waals surface area contributed by atoms with Crippen molar-refractivity contribution in [3.8, 4) is 0 Å². The van der Waals surface area contributed by atoms with Gasteiger partial charge in [-0.2, -0.15) is 0 Å². The molecule has 112 valence electrons. The maximum absolute atomic E-state index is 6.10. The molecule has 1 unspecified atom stereocenters. The van der Waals surface area contributed by atoms with E-state index >= 15 is 0 Å². The average molecular weight is 276 g/mol. The van der Waals surface area contributed by atoms with E-state index in [2.05, 4.69) is 51.7 Å². The number of hydrogen-bond donors (Lipinski definition) is 1. The monoisotopic (exact) mass is 276 g/mol. The number of aryl methyl sites for hydroxylation is 3. The minimum atomic E-state index is -0.0840. The summed E-state index contributed by atoms with van der Waals surface area (Å²) >= 11 is 0. The summed E-state index contributed by atoms with van der Waals surface area (Å²) in [6, 6.07) is 4.88. The van der Waals surface area contributed by atoms with Crippen LogP contribution in [0.15, 0.2) is 12.1 Å². The first-order valence-corrected chi connectivity index (χ1v) is 7.50. The molecule has 1 aliphatic heterocycles. The smallest absolute Gasteiger partial charge is 0.0753 e. The van der Waals surface area contributed by atoms with Gasteiger partial charge in [-0.15, -0.1) is 0 Å². The van der Waals surface area contributed by atoms with Crippen molar-refractivity contribution in [3.63, 3.8) is 0 Å². The first kappa shape index (κ1) is 15.5. The van der Waals surface area contributed by atoms with Crippen LogP contribution in [0.1, 0.15) is 42.1 Å². The van der Waals surface area contributed by atoms with E-state index in [1.165, 1.54) is 22.3 Å². The van der Waals surface area contributed by atoms with Gasteiger partial charge in [-0.3, -0.25) is 4.90 Å². The number of rotatable bonds is 3. The Bertz CT molecular complexity index is 482. The van der Waals surface area contributed by atoms with Gasteiger partial charge in [0.25, 0.3) is 0 Å². The summed E-state index contributed by atoms with van der Waals surface area (Å²) in [5, 5.41) is 0. The molecule has 3 nitrogen and oxygen atoms in total. The molecule has 0 saturated carbocycles. The van der Waals surface area contributed by atoms with Crippen molar-refractivity contribution in [2.45, 2.75) is 46.3 Å². The van der Waals surface area contributed by atoms with E-state index in [0.29, 0.717) is 6.54 Å². The van der Waals surface area contributed by atoms with Crippen LogP contribution in [0, 0.1) is 20.8 Å². The van der Waals surface area contributed by atoms with Gasteiger partial charge in [0.1, 0.15) is 0 Å². The Kier molecular flexibility index (Phi) is 4.52. The molecule has 2 rings (SSSR count). The summed E-state index contributed by atoms with van der Waals surface area (Å²) in [5.41, 5.74) is 11.4. The van der Waals surface area contributed by atoms with Crippen LogP contribution < -0.4 is 5.73 Å². The average Bonchev–Trinajstić information content (AvgIpc) is 2.35. The molecule has 1 aromatic rings. The fraction of sp³-hybridized carbons (Fsp3) is 0.647. The topological polar surface area (TPSA) is 38.5 Å². The summed E-state index contributed by atoms with van der Waals surface area (Å²) in [5.74, 6) is 0. The van der Waals surface area contributed by atoms with Crippen molar-refractivity contribution < 1.29 is 4.74 Å². The molecule has 0 spiro atoms. The molecule has 1 aliphatic rings. The van der Waals surface area contributed by atoms with E-state index in [-0.39, 0.29) is 11.6 Å². The standard InChI is InChI=1S/C17H28N2O/c1-12-8-14(3)15(9-13(12)2)16(10-18)19-6-7-20-17(4,5)11-19/h8-9,16H,6-7,10-11,18H2,1-5H3. The summed E-state index contributed by atoms with van der Waals surface area (Å²) in [4.78, 5) is 2.47. The fourth-order valence-corrected chi connectivity index (χ4v) is 3.13. The maximum Gasteiger partial charge on any atom is 0.0753 e. The minimum absolute atomic E-state index is 0.0840. The number of nitrogens with zero attached hydrogens (tertiary/aromatic N) is 1. The van der Waals surface area contributed by atoms with Gasteiger partial charge in [0.15, 0.2) is 0 Å². The van der Waals surface area contributed by atoms with E-state index in [0.717, 1.165) is 19.7 Å². The molecule has 0 bridgehead atoms. The number of morpholine rings is 1. The van der Waals surface area contributed by atoms with Gasteiger partial charge >= 0.3 is 0 Å². The summed E-state index contributed by atoms with van der Waals surface area (Å²) in [7, 11) is 0. The Morgan fingerprint density at radius 2 is 1.85 bits per heavy atom. The van der Waals surface area contributed by atoms with Crippen molar-refractivity contribution in [2.24, 2.45) is 5.73 Å². The molecule has 0 aliphatic carbocycles. The lowest BCUT2D eigenvalue weighted by Crippen LogP contribution is -2.50. The second-order valence-corrected chi connectivity index (χ2v) is 6.62. The molecule has 1 atom stereocenters. The molecule has 0 amide bonds. The molecule has 20 heavy (non-hydrogen) atoms. The molecule has 1 saturated heterocycles. The zero-order valence-corrected chi connectivity index (χ0v) is 13.5. The molecular weight excluding hydrogens is 248 g/mol. The van der Waals surface area contributed by atoms with Gasteiger partial charge < -0.3 is 10.5 Å². The van der Waals surface area contributed by atoms with Crippen molar-refractivity contribution in [1.82, 2.24) is 4.90 Å². The molecule has 2 N–H and O–H groups in total.